The molecule has 0 bridgehead atoms. The number of carbonyl (C=O) groups is 2. The molecule has 1 fully saturated rings. The van der Waals surface area contributed by atoms with Crippen molar-refractivity contribution >= 4 is 22.8 Å². The molecule has 2 aromatic rings. The van der Waals surface area contributed by atoms with Gasteiger partial charge in [-0.1, -0.05) is 31.4 Å². The first kappa shape index (κ1) is 13.6. The normalized spacial score (nSPS) is 17.5. The van der Waals surface area contributed by atoms with E-state index >= 15 is 0 Å². The molecule has 0 aliphatic heterocycles. The van der Waals surface area contributed by atoms with Crippen LogP contribution in [0, 0.1) is 0 Å². The monoisotopic (exact) mass is 287 g/mol. The van der Waals surface area contributed by atoms with Gasteiger partial charge in [-0.15, -0.1) is 0 Å². The molecule has 0 saturated heterocycles. The average Bonchev–Trinajstić information content (AvgIpc) is 2.96. The second kappa shape index (κ2) is 5.20. The Morgan fingerprint density at radius 2 is 2.00 bits per heavy atom. The fourth-order valence-electron chi connectivity index (χ4n) is 2.99. The molecule has 3 rings (SSSR count). The molecule has 21 heavy (non-hydrogen) atoms. The highest BCUT2D eigenvalue weighted by Crippen LogP contribution is 2.29. The maximum absolute atomic E-state index is 12.5. The van der Waals surface area contributed by atoms with Gasteiger partial charge in [-0.25, -0.2) is 4.79 Å². The predicted molar refractivity (Wildman–Crippen MR) is 77.0 cm³/mol. The van der Waals surface area contributed by atoms with E-state index in [1.165, 1.54) is 0 Å². The molecule has 110 valence electrons. The number of H-pyrrole nitrogens is 1. The molecule has 1 saturated carbocycles. The molecule has 1 amide bonds. The number of nitrogens with one attached hydrogen (secondary N) is 2. The van der Waals surface area contributed by atoms with Gasteiger partial charge < -0.3 is 10.4 Å². The molecular weight excluding hydrogens is 270 g/mol. The largest absolute Gasteiger partial charge is 0.480 e. The summed E-state index contributed by atoms with van der Waals surface area (Å²) in [6, 6.07) is 5.29. The summed E-state index contributed by atoms with van der Waals surface area (Å²) < 4.78 is 0. The quantitative estimate of drug-likeness (QED) is 0.805. The summed E-state index contributed by atoms with van der Waals surface area (Å²) in [5, 5.41) is 19.8. The molecule has 0 spiro atoms. The lowest BCUT2D eigenvalue weighted by molar-refractivity contribution is -0.145. The van der Waals surface area contributed by atoms with Crippen LogP contribution in [0.3, 0.4) is 0 Å². The summed E-state index contributed by atoms with van der Waals surface area (Å²) in [6.45, 7) is 0. The van der Waals surface area contributed by atoms with Gasteiger partial charge in [0.15, 0.2) is 0 Å². The summed E-state index contributed by atoms with van der Waals surface area (Å²) in [5.74, 6) is -1.32. The molecule has 6 heteroatoms. The third-order valence-electron chi connectivity index (χ3n) is 4.19. The molecule has 0 unspecified atom stereocenters. The number of nitrogens with zero attached hydrogens (tertiary/aromatic N) is 1. The van der Waals surface area contributed by atoms with Crippen LogP contribution in [0.4, 0.5) is 0 Å². The van der Waals surface area contributed by atoms with Crippen molar-refractivity contribution in [3.8, 4) is 0 Å². The number of rotatable bonds is 3. The summed E-state index contributed by atoms with van der Waals surface area (Å²) in [7, 11) is 0. The number of hydrogen-bond acceptors (Lipinski definition) is 3. The Morgan fingerprint density at radius 3 is 2.71 bits per heavy atom. The molecule has 6 nitrogen and oxygen atoms in total. The smallest absolute Gasteiger partial charge is 0.329 e. The van der Waals surface area contributed by atoms with Crippen LogP contribution in [0.1, 0.15) is 42.5 Å². The number of aliphatic carboxylic acids is 1. The summed E-state index contributed by atoms with van der Waals surface area (Å²) in [5.41, 5.74) is -0.0834. The first-order valence-corrected chi connectivity index (χ1v) is 7.10. The van der Waals surface area contributed by atoms with E-state index in [-0.39, 0.29) is 5.91 Å². The zero-order valence-electron chi connectivity index (χ0n) is 11.6. The number of benzene rings is 1. The molecule has 1 aliphatic carbocycles. The van der Waals surface area contributed by atoms with Gasteiger partial charge in [-0.2, -0.15) is 5.10 Å². The Bertz CT molecular complexity index is 686. The second-order valence-corrected chi connectivity index (χ2v) is 5.54. The first-order valence-electron chi connectivity index (χ1n) is 7.10. The Hall–Kier alpha value is -2.37. The fourth-order valence-corrected chi connectivity index (χ4v) is 2.99. The van der Waals surface area contributed by atoms with Gasteiger partial charge in [-0.05, 0) is 18.9 Å². The minimum Gasteiger partial charge on any atom is -0.480 e. The van der Waals surface area contributed by atoms with Crippen molar-refractivity contribution in [2.75, 3.05) is 0 Å². The second-order valence-electron chi connectivity index (χ2n) is 5.54. The molecule has 1 aliphatic rings. The zero-order valence-corrected chi connectivity index (χ0v) is 11.6. The van der Waals surface area contributed by atoms with Crippen LogP contribution in [-0.2, 0) is 4.79 Å². The van der Waals surface area contributed by atoms with Crippen LogP contribution < -0.4 is 5.32 Å². The molecule has 0 radical (unpaired) electrons. The van der Waals surface area contributed by atoms with E-state index in [1.54, 1.807) is 18.3 Å². The lowest BCUT2D eigenvalue weighted by atomic mass is 9.81. The van der Waals surface area contributed by atoms with E-state index in [1.807, 2.05) is 6.07 Å². The van der Waals surface area contributed by atoms with E-state index < -0.39 is 11.5 Å². The average molecular weight is 287 g/mol. The van der Waals surface area contributed by atoms with Gasteiger partial charge in [0, 0.05) is 5.39 Å². The fraction of sp³-hybridized carbons (Fsp3) is 0.400. The van der Waals surface area contributed by atoms with Crippen molar-refractivity contribution < 1.29 is 14.7 Å². The number of carboxylic acids is 1. The highest BCUT2D eigenvalue weighted by Gasteiger charge is 2.41. The van der Waals surface area contributed by atoms with Crippen LogP contribution in [0.15, 0.2) is 24.4 Å². The molecule has 0 atom stereocenters. The Morgan fingerprint density at radius 1 is 1.24 bits per heavy atom. The van der Waals surface area contributed by atoms with E-state index in [9.17, 15) is 14.7 Å². The Balaban J connectivity index is 1.91. The number of fused-ring (bicyclic) bond motifs is 1. The standard InChI is InChI=1S/C15H17N3O3/c19-13(11-6-4-5-10-9-16-18-12(10)11)17-15(14(20)21)7-2-1-3-8-15/h4-6,9H,1-3,7-8H2,(H,16,18)(H,17,19)(H,20,21). The summed E-state index contributed by atoms with van der Waals surface area (Å²) in [4.78, 5) is 24.1. The molecule has 1 aromatic heterocycles. The minimum absolute atomic E-state index is 0.367. The first-order chi connectivity index (χ1) is 10.1. The van der Waals surface area contributed by atoms with Crippen molar-refractivity contribution in [2.24, 2.45) is 0 Å². The van der Waals surface area contributed by atoms with E-state index in [2.05, 4.69) is 15.5 Å². The predicted octanol–water partition coefficient (Wildman–Crippen LogP) is 2.08. The van der Waals surface area contributed by atoms with Crippen LogP contribution in [-0.4, -0.2) is 32.7 Å². The topological polar surface area (TPSA) is 95.1 Å². The number of amides is 1. The highest BCUT2D eigenvalue weighted by molar-refractivity contribution is 6.06. The lowest BCUT2D eigenvalue weighted by Gasteiger charge is -2.34. The minimum atomic E-state index is -1.14. The third-order valence-corrected chi connectivity index (χ3v) is 4.19. The number of aromatic amines is 1. The third kappa shape index (κ3) is 2.37. The lowest BCUT2D eigenvalue weighted by Crippen LogP contribution is -2.55. The van der Waals surface area contributed by atoms with Crippen molar-refractivity contribution in [1.29, 1.82) is 0 Å². The van der Waals surface area contributed by atoms with Crippen molar-refractivity contribution in [3.63, 3.8) is 0 Å². The number of carboxylic acid groups (broad SMARTS) is 1. The van der Waals surface area contributed by atoms with Crippen LogP contribution in [0.2, 0.25) is 0 Å². The van der Waals surface area contributed by atoms with E-state index in [4.69, 9.17) is 0 Å². The number of carbonyl (C=O) groups excluding carboxylic acids is 1. The maximum Gasteiger partial charge on any atom is 0.329 e. The van der Waals surface area contributed by atoms with Gasteiger partial charge in [-0.3, -0.25) is 9.89 Å². The molecular formula is C15H17N3O3. The number of para-hydroxylation sites is 1. The molecule has 1 aromatic carbocycles. The van der Waals surface area contributed by atoms with Crippen molar-refractivity contribution in [1.82, 2.24) is 15.5 Å². The van der Waals surface area contributed by atoms with Gasteiger partial charge in [0.2, 0.25) is 0 Å². The van der Waals surface area contributed by atoms with Crippen molar-refractivity contribution in [3.05, 3.63) is 30.0 Å². The Kier molecular flexibility index (Phi) is 3.37. The van der Waals surface area contributed by atoms with Gasteiger partial charge in [0.25, 0.3) is 5.91 Å². The number of aromatic nitrogens is 2. The zero-order chi connectivity index (χ0) is 14.9. The van der Waals surface area contributed by atoms with Crippen LogP contribution in [0.25, 0.3) is 10.9 Å². The van der Waals surface area contributed by atoms with Gasteiger partial charge >= 0.3 is 5.97 Å². The van der Waals surface area contributed by atoms with Crippen LogP contribution >= 0.6 is 0 Å². The SMILES string of the molecule is O=C(NC1(C(=O)O)CCCCC1)c1cccc2cn[nH]c12. The van der Waals surface area contributed by atoms with Gasteiger partial charge in [0.05, 0.1) is 17.3 Å². The maximum atomic E-state index is 12.5. The molecule has 3 N–H and O–H groups in total. The highest BCUT2D eigenvalue weighted by atomic mass is 16.4. The number of hydrogen-bond donors (Lipinski definition) is 3. The Labute approximate surface area is 121 Å². The summed E-state index contributed by atoms with van der Waals surface area (Å²) in [6.07, 6.45) is 5.25. The van der Waals surface area contributed by atoms with E-state index in [0.717, 1.165) is 24.6 Å². The van der Waals surface area contributed by atoms with Gasteiger partial charge in [0.1, 0.15) is 5.54 Å². The van der Waals surface area contributed by atoms with E-state index in [0.29, 0.717) is 23.9 Å². The summed E-state index contributed by atoms with van der Waals surface area (Å²) >= 11 is 0. The van der Waals surface area contributed by atoms with Crippen molar-refractivity contribution in [2.45, 2.75) is 37.6 Å². The van der Waals surface area contributed by atoms with Crippen LogP contribution in [0.5, 0.6) is 0 Å². The molecule has 1 heterocycles.